The van der Waals surface area contributed by atoms with Crippen LogP contribution in [0.3, 0.4) is 0 Å². The van der Waals surface area contributed by atoms with Crippen molar-refractivity contribution in [2.24, 2.45) is 0 Å². The van der Waals surface area contributed by atoms with E-state index in [9.17, 15) is 5.11 Å². The van der Waals surface area contributed by atoms with Gasteiger partial charge in [-0.1, -0.05) is 17.7 Å². The molecule has 0 saturated carbocycles. The summed E-state index contributed by atoms with van der Waals surface area (Å²) in [4.78, 5) is 2.28. The fraction of sp³-hybridized carbons (Fsp3) is 0.538. The molecule has 1 aromatic carbocycles. The Balaban J connectivity index is 2.09. The number of anilines is 1. The molecule has 1 aliphatic heterocycles. The SMILES string of the molecule is CNCc1ccc(N2CCC(O)CC2)cc1Cl. The van der Waals surface area contributed by atoms with Crippen LogP contribution in [-0.2, 0) is 6.54 Å². The summed E-state index contributed by atoms with van der Waals surface area (Å²) in [5.41, 5.74) is 2.27. The van der Waals surface area contributed by atoms with Gasteiger partial charge in [0.25, 0.3) is 0 Å². The van der Waals surface area contributed by atoms with Gasteiger partial charge in [0.15, 0.2) is 0 Å². The van der Waals surface area contributed by atoms with Crippen molar-refractivity contribution in [3.8, 4) is 0 Å². The number of hydrogen-bond acceptors (Lipinski definition) is 3. The van der Waals surface area contributed by atoms with Crippen molar-refractivity contribution in [3.63, 3.8) is 0 Å². The molecule has 0 atom stereocenters. The Morgan fingerprint density at radius 3 is 2.71 bits per heavy atom. The van der Waals surface area contributed by atoms with E-state index in [1.165, 1.54) is 0 Å². The number of benzene rings is 1. The molecule has 0 bridgehead atoms. The molecule has 1 heterocycles. The normalized spacial score (nSPS) is 17.5. The molecule has 4 heteroatoms. The monoisotopic (exact) mass is 254 g/mol. The lowest BCUT2D eigenvalue weighted by Crippen LogP contribution is -2.35. The van der Waals surface area contributed by atoms with Crippen LogP contribution in [0.2, 0.25) is 5.02 Å². The van der Waals surface area contributed by atoms with Crippen molar-refractivity contribution >= 4 is 17.3 Å². The summed E-state index contributed by atoms with van der Waals surface area (Å²) in [5, 5.41) is 13.4. The molecule has 1 aliphatic rings. The first kappa shape index (κ1) is 12.7. The highest BCUT2D eigenvalue weighted by molar-refractivity contribution is 6.31. The third-order valence-electron chi connectivity index (χ3n) is 3.23. The minimum absolute atomic E-state index is 0.134. The number of hydrogen-bond donors (Lipinski definition) is 2. The highest BCUT2D eigenvalue weighted by Gasteiger charge is 2.17. The topological polar surface area (TPSA) is 35.5 Å². The molecule has 0 aromatic heterocycles. The van der Waals surface area contributed by atoms with E-state index in [0.29, 0.717) is 0 Å². The molecule has 0 spiro atoms. The van der Waals surface area contributed by atoms with Gasteiger partial charge in [-0.3, -0.25) is 0 Å². The lowest BCUT2D eigenvalue weighted by molar-refractivity contribution is 0.145. The summed E-state index contributed by atoms with van der Waals surface area (Å²) in [6.45, 7) is 2.60. The van der Waals surface area contributed by atoms with E-state index < -0.39 is 0 Å². The number of nitrogens with one attached hydrogen (secondary N) is 1. The van der Waals surface area contributed by atoms with Crippen LogP contribution in [-0.4, -0.2) is 31.3 Å². The van der Waals surface area contributed by atoms with Gasteiger partial charge in [0.2, 0.25) is 0 Å². The molecule has 1 aromatic rings. The molecule has 0 radical (unpaired) electrons. The van der Waals surface area contributed by atoms with Crippen LogP contribution in [0.4, 0.5) is 5.69 Å². The van der Waals surface area contributed by atoms with Crippen molar-refractivity contribution < 1.29 is 5.11 Å². The summed E-state index contributed by atoms with van der Waals surface area (Å²) < 4.78 is 0. The first-order valence-corrected chi connectivity index (χ1v) is 6.44. The van der Waals surface area contributed by atoms with Crippen LogP contribution in [0.5, 0.6) is 0 Å². The van der Waals surface area contributed by atoms with Crippen LogP contribution in [0.1, 0.15) is 18.4 Å². The average molecular weight is 255 g/mol. The van der Waals surface area contributed by atoms with Crippen LogP contribution < -0.4 is 10.2 Å². The Bertz CT molecular complexity index is 376. The van der Waals surface area contributed by atoms with E-state index >= 15 is 0 Å². The fourth-order valence-corrected chi connectivity index (χ4v) is 2.43. The lowest BCUT2D eigenvalue weighted by Gasteiger charge is -2.31. The largest absolute Gasteiger partial charge is 0.393 e. The highest BCUT2D eigenvalue weighted by Crippen LogP contribution is 2.26. The number of piperidine rings is 1. The maximum Gasteiger partial charge on any atom is 0.0574 e. The summed E-state index contributed by atoms with van der Waals surface area (Å²) >= 11 is 6.24. The molecule has 3 nitrogen and oxygen atoms in total. The van der Waals surface area contributed by atoms with Gasteiger partial charge in [0.05, 0.1) is 6.10 Å². The van der Waals surface area contributed by atoms with Gasteiger partial charge in [0, 0.05) is 30.3 Å². The Morgan fingerprint density at radius 1 is 1.41 bits per heavy atom. The predicted molar refractivity (Wildman–Crippen MR) is 71.7 cm³/mol. The van der Waals surface area contributed by atoms with Gasteiger partial charge >= 0.3 is 0 Å². The van der Waals surface area contributed by atoms with E-state index in [-0.39, 0.29) is 6.10 Å². The van der Waals surface area contributed by atoms with Crippen molar-refractivity contribution in [2.75, 3.05) is 25.0 Å². The molecule has 1 saturated heterocycles. The third kappa shape index (κ3) is 3.12. The molecule has 0 aliphatic carbocycles. The molecule has 1 fully saturated rings. The number of rotatable bonds is 3. The van der Waals surface area contributed by atoms with Crippen molar-refractivity contribution in [3.05, 3.63) is 28.8 Å². The van der Waals surface area contributed by atoms with E-state index in [4.69, 9.17) is 11.6 Å². The molecule has 17 heavy (non-hydrogen) atoms. The summed E-state index contributed by atoms with van der Waals surface area (Å²) in [6, 6.07) is 6.20. The Morgan fingerprint density at radius 2 is 2.12 bits per heavy atom. The second-order valence-electron chi connectivity index (χ2n) is 4.52. The minimum atomic E-state index is -0.134. The van der Waals surface area contributed by atoms with E-state index in [1.54, 1.807) is 0 Å². The van der Waals surface area contributed by atoms with Crippen LogP contribution >= 0.6 is 11.6 Å². The Hall–Kier alpha value is -0.770. The van der Waals surface area contributed by atoms with Gasteiger partial charge in [-0.25, -0.2) is 0 Å². The average Bonchev–Trinajstić information content (AvgIpc) is 2.33. The molecule has 2 rings (SSSR count). The summed E-state index contributed by atoms with van der Waals surface area (Å²) in [7, 11) is 1.91. The maximum atomic E-state index is 9.48. The minimum Gasteiger partial charge on any atom is -0.393 e. The van der Waals surface area contributed by atoms with Gasteiger partial charge < -0.3 is 15.3 Å². The van der Waals surface area contributed by atoms with E-state index in [2.05, 4.69) is 22.3 Å². The Kier molecular flexibility index (Phi) is 4.26. The van der Waals surface area contributed by atoms with E-state index in [0.717, 1.165) is 48.7 Å². The van der Waals surface area contributed by atoms with Crippen molar-refractivity contribution in [1.29, 1.82) is 0 Å². The number of aliphatic hydroxyl groups is 1. The zero-order chi connectivity index (χ0) is 12.3. The first-order valence-electron chi connectivity index (χ1n) is 6.06. The third-order valence-corrected chi connectivity index (χ3v) is 3.59. The van der Waals surface area contributed by atoms with Gasteiger partial charge in [-0.05, 0) is 37.6 Å². The van der Waals surface area contributed by atoms with Gasteiger partial charge in [0.1, 0.15) is 0 Å². The van der Waals surface area contributed by atoms with Crippen LogP contribution in [0, 0.1) is 0 Å². The van der Waals surface area contributed by atoms with Crippen molar-refractivity contribution in [1.82, 2.24) is 5.32 Å². The fourth-order valence-electron chi connectivity index (χ4n) is 2.19. The van der Waals surface area contributed by atoms with E-state index in [1.807, 2.05) is 13.1 Å². The highest BCUT2D eigenvalue weighted by atomic mass is 35.5. The summed E-state index contributed by atoms with van der Waals surface area (Å²) in [6.07, 6.45) is 1.55. The van der Waals surface area contributed by atoms with Crippen molar-refractivity contribution in [2.45, 2.75) is 25.5 Å². The molecule has 2 N–H and O–H groups in total. The molecular weight excluding hydrogens is 236 g/mol. The number of aliphatic hydroxyl groups excluding tert-OH is 1. The molecule has 94 valence electrons. The zero-order valence-electron chi connectivity index (χ0n) is 10.1. The molecule has 0 amide bonds. The summed E-state index contributed by atoms with van der Waals surface area (Å²) in [5.74, 6) is 0. The Labute approximate surface area is 107 Å². The second kappa shape index (κ2) is 5.71. The smallest absolute Gasteiger partial charge is 0.0574 e. The number of nitrogens with zero attached hydrogens (tertiary/aromatic N) is 1. The standard InChI is InChI=1S/C13H19ClN2O/c1-15-9-10-2-3-11(8-13(10)14)16-6-4-12(17)5-7-16/h2-3,8,12,15,17H,4-7,9H2,1H3. The predicted octanol–water partition coefficient (Wildman–Crippen LogP) is 2.02. The number of halogens is 1. The van der Waals surface area contributed by atoms with Crippen LogP contribution in [0.15, 0.2) is 18.2 Å². The first-order chi connectivity index (χ1) is 8.20. The maximum absolute atomic E-state index is 9.48. The zero-order valence-corrected chi connectivity index (χ0v) is 10.9. The molecule has 0 unspecified atom stereocenters. The lowest BCUT2D eigenvalue weighted by atomic mass is 10.1. The molecular formula is C13H19ClN2O. The van der Waals surface area contributed by atoms with Crippen LogP contribution in [0.25, 0.3) is 0 Å². The second-order valence-corrected chi connectivity index (χ2v) is 4.93. The van der Waals surface area contributed by atoms with Gasteiger partial charge in [-0.15, -0.1) is 0 Å². The van der Waals surface area contributed by atoms with Gasteiger partial charge in [-0.2, -0.15) is 0 Å². The quantitative estimate of drug-likeness (QED) is 0.866.